The van der Waals surface area contributed by atoms with Gasteiger partial charge in [-0.3, -0.25) is 4.79 Å². The normalized spacial score (nSPS) is 11.1. The van der Waals surface area contributed by atoms with Crippen molar-refractivity contribution in [1.82, 2.24) is 5.32 Å². The third-order valence-electron chi connectivity index (χ3n) is 2.62. The summed E-state index contributed by atoms with van der Waals surface area (Å²) in [4.78, 5) is 11.9. The Bertz CT molecular complexity index is 395. The Kier molecular flexibility index (Phi) is 5.08. The molecule has 0 atom stereocenters. The summed E-state index contributed by atoms with van der Waals surface area (Å²) in [6.07, 6.45) is 0. The average molecular weight is 255 g/mol. The average Bonchev–Trinajstić information content (AvgIpc) is 2.44. The molecule has 6 nitrogen and oxygen atoms in total. The molecule has 0 saturated carbocycles. The molecule has 1 rings (SSSR count). The van der Waals surface area contributed by atoms with Gasteiger partial charge >= 0.3 is 0 Å². The number of methoxy groups -OCH3 is 1. The molecule has 100 valence electrons. The molecule has 0 unspecified atom stereocenters. The highest BCUT2D eigenvalue weighted by Crippen LogP contribution is 2.13. The van der Waals surface area contributed by atoms with Gasteiger partial charge in [-0.1, -0.05) is 6.07 Å². The van der Waals surface area contributed by atoms with Crippen LogP contribution < -0.4 is 10.1 Å². The predicted octanol–water partition coefficient (Wildman–Crippen LogP) is -0.859. The van der Waals surface area contributed by atoms with Crippen LogP contribution >= 0.6 is 0 Å². The first kappa shape index (κ1) is 14.4. The molecule has 1 aromatic carbocycles. The number of hydrogen-bond donors (Lipinski definition) is 4. The van der Waals surface area contributed by atoms with Gasteiger partial charge < -0.3 is 25.4 Å². The van der Waals surface area contributed by atoms with Gasteiger partial charge in [0.05, 0.1) is 26.9 Å². The molecule has 0 fully saturated rings. The number of carbonyl (C=O) groups is 1. The Morgan fingerprint density at radius 3 is 2.39 bits per heavy atom. The van der Waals surface area contributed by atoms with E-state index in [-0.39, 0.29) is 0 Å². The molecule has 0 bridgehead atoms. The van der Waals surface area contributed by atoms with Crippen LogP contribution in [0.4, 0.5) is 0 Å². The van der Waals surface area contributed by atoms with Crippen molar-refractivity contribution >= 4 is 5.91 Å². The molecule has 4 N–H and O–H groups in total. The van der Waals surface area contributed by atoms with E-state index in [0.717, 1.165) is 0 Å². The first-order valence-electron chi connectivity index (χ1n) is 5.40. The molecule has 1 aromatic rings. The van der Waals surface area contributed by atoms with E-state index in [1.807, 2.05) is 0 Å². The summed E-state index contributed by atoms with van der Waals surface area (Å²) in [5.74, 6) is 0.0105. The summed E-state index contributed by atoms with van der Waals surface area (Å²) in [5.41, 5.74) is -1.12. The lowest BCUT2D eigenvalue weighted by atomic mass is 10.0. The van der Waals surface area contributed by atoms with Gasteiger partial charge in [0.25, 0.3) is 5.91 Å². The number of aliphatic hydroxyl groups excluding tert-OH is 3. The summed E-state index contributed by atoms with van der Waals surface area (Å²) in [7, 11) is 1.48. The fourth-order valence-electron chi connectivity index (χ4n) is 1.35. The maximum Gasteiger partial charge on any atom is 0.252 e. The number of benzene rings is 1. The third-order valence-corrected chi connectivity index (χ3v) is 2.62. The summed E-state index contributed by atoms with van der Waals surface area (Å²) in [6.45, 7) is -1.68. The highest BCUT2D eigenvalue weighted by molar-refractivity contribution is 5.95. The van der Waals surface area contributed by atoms with E-state index in [4.69, 9.17) is 20.1 Å². The lowest BCUT2D eigenvalue weighted by Crippen LogP contribution is -2.57. The molecule has 0 aliphatic heterocycles. The Labute approximate surface area is 105 Å². The minimum Gasteiger partial charge on any atom is -0.497 e. The third kappa shape index (κ3) is 3.19. The van der Waals surface area contributed by atoms with Crippen LogP contribution in [0, 0.1) is 0 Å². The van der Waals surface area contributed by atoms with Crippen molar-refractivity contribution in [2.45, 2.75) is 5.54 Å². The minimum atomic E-state index is -1.43. The standard InChI is InChI=1S/C12H17NO5/c1-18-10-4-2-3-9(5-10)11(17)13-12(6-14,7-15)8-16/h2-5,14-16H,6-8H2,1H3,(H,13,17). The van der Waals surface area contributed by atoms with Crippen LogP contribution in [0.3, 0.4) is 0 Å². The molecule has 0 aromatic heterocycles. The van der Waals surface area contributed by atoms with Crippen molar-refractivity contribution < 1.29 is 24.9 Å². The number of hydrogen-bond acceptors (Lipinski definition) is 5. The number of nitrogens with one attached hydrogen (secondary N) is 1. The zero-order valence-corrected chi connectivity index (χ0v) is 10.1. The van der Waals surface area contributed by atoms with Crippen molar-refractivity contribution in [3.05, 3.63) is 29.8 Å². The van der Waals surface area contributed by atoms with Gasteiger partial charge in [0.1, 0.15) is 11.3 Å². The van der Waals surface area contributed by atoms with E-state index in [0.29, 0.717) is 11.3 Å². The summed E-state index contributed by atoms with van der Waals surface area (Å²) in [6, 6.07) is 6.42. The van der Waals surface area contributed by atoms with Crippen LogP contribution in [0.2, 0.25) is 0 Å². The van der Waals surface area contributed by atoms with Gasteiger partial charge in [-0.25, -0.2) is 0 Å². The Morgan fingerprint density at radius 2 is 1.89 bits per heavy atom. The molecule has 0 saturated heterocycles. The largest absolute Gasteiger partial charge is 0.497 e. The molecule has 6 heteroatoms. The van der Waals surface area contributed by atoms with Crippen molar-refractivity contribution in [2.24, 2.45) is 0 Å². The van der Waals surface area contributed by atoms with Crippen LogP contribution in [0.1, 0.15) is 10.4 Å². The zero-order chi connectivity index (χ0) is 13.6. The number of aliphatic hydroxyl groups is 3. The Hall–Kier alpha value is -1.63. The summed E-state index contributed by atoms with van der Waals surface area (Å²) >= 11 is 0. The predicted molar refractivity (Wildman–Crippen MR) is 64.4 cm³/mol. The second-order valence-electron chi connectivity index (χ2n) is 3.94. The van der Waals surface area contributed by atoms with Crippen LogP contribution in [0.15, 0.2) is 24.3 Å². The maximum atomic E-state index is 11.9. The van der Waals surface area contributed by atoms with E-state index in [9.17, 15) is 4.79 Å². The molecule has 0 heterocycles. The van der Waals surface area contributed by atoms with Crippen LogP contribution in [0.25, 0.3) is 0 Å². The first-order chi connectivity index (χ1) is 8.60. The number of carbonyl (C=O) groups excluding carboxylic acids is 1. The zero-order valence-electron chi connectivity index (χ0n) is 10.1. The molecule has 0 spiro atoms. The van der Waals surface area contributed by atoms with Crippen molar-refractivity contribution in [2.75, 3.05) is 26.9 Å². The van der Waals surface area contributed by atoms with E-state index in [2.05, 4.69) is 5.32 Å². The highest BCUT2D eigenvalue weighted by atomic mass is 16.5. The molecule has 0 aliphatic rings. The van der Waals surface area contributed by atoms with Crippen LogP contribution in [-0.4, -0.2) is 53.7 Å². The van der Waals surface area contributed by atoms with E-state index < -0.39 is 31.3 Å². The second-order valence-corrected chi connectivity index (χ2v) is 3.94. The minimum absolute atomic E-state index is 0.314. The van der Waals surface area contributed by atoms with Crippen LogP contribution in [0.5, 0.6) is 5.75 Å². The Morgan fingerprint density at radius 1 is 1.28 bits per heavy atom. The SMILES string of the molecule is COc1cccc(C(=O)NC(CO)(CO)CO)c1. The fourth-order valence-corrected chi connectivity index (χ4v) is 1.35. The quantitative estimate of drug-likeness (QED) is 0.530. The summed E-state index contributed by atoms with van der Waals surface area (Å²) in [5, 5.41) is 29.7. The van der Waals surface area contributed by atoms with Crippen molar-refractivity contribution in [1.29, 1.82) is 0 Å². The second kappa shape index (κ2) is 6.34. The van der Waals surface area contributed by atoms with Crippen molar-refractivity contribution in [3.8, 4) is 5.75 Å². The monoisotopic (exact) mass is 255 g/mol. The van der Waals surface area contributed by atoms with Gasteiger partial charge in [-0.05, 0) is 18.2 Å². The lowest BCUT2D eigenvalue weighted by molar-refractivity contribution is 0.0375. The molecular formula is C12H17NO5. The van der Waals surface area contributed by atoms with Crippen molar-refractivity contribution in [3.63, 3.8) is 0 Å². The van der Waals surface area contributed by atoms with Crippen LogP contribution in [-0.2, 0) is 0 Å². The maximum absolute atomic E-state index is 11.9. The number of amides is 1. The van der Waals surface area contributed by atoms with E-state index in [1.54, 1.807) is 18.2 Å². The molecule has 0 radical (unpaired) electrons. The smallest absolute Gasteiger partial charge is 0.252 e. The van der Waals surface area contributed by atoms with E-state index >= 15 is 0 Å². The fraction of sp³-hybridized carbons (Fsp3) is 0.417. The number of ether oxygens (including phenoxy) is 1. The number of rotatable bonds is 6. The molecule has 1 amide bonds. The molecule has 18 heavy (non-hydrogen) atoms. The van der Waals surface area contributed by atoms with E-state index in [1.165, 1.54) is 13.2 Å². The Balaban J connectivity index is 2.86. The van der Waals surface area contributed by atoms with Gasteiger partial charge in [0.2, 0.25) is 0 Å². The van der Waals surface area contributed by atoms with Gasteiger partial charge in [0.15, 0.2) is 0 Å². The molecule has 0 aliphatic carbocycles. The molecular weight excluding hydrogens is 238 g/mol. The highest BCUT2D eigenvalue weighted by Gasteiger charge is 2.30. The van der Waals surface area contributed by atoms with Gasteiger partial charge in [-0.2, -0.15) is 0 Å². The first-order valence-corrected chi connectivity index (χ1v) is 5.40. The van der Waals surface area contributed by atoms with Gasteiger partial charge in [-0.15, -0.1) is 0 Å². The topological polar surface area (TPSA) is 99.0 Å². The summed E-state index contributed by atoms with van der Waals surface area (Å²) < 4.78 is 4.99. The van der Waals surface area contributed by atoms with Gasteiger partial charge in [0, 0.05) is 5.56 Å². The lowest BCUT2D eigenvalue weighted by Gasteiger charge is -2.28.